The number of benzene rings is 3. The van der Waals surface area contributed by atoms with Crippen molar-refractivity contribution in [3.8, 4) is 0 Å². The van der Waals surface area contributed by atoms with Gasteiger partial charge in [-0.15, -0.1) is 0 Å². The van der Waals surface area contributed by atoms with E-state index in [2.05, 4.69) is 9.88 Å². The van der Waals surface area contributed by atoms with Crippen molar-refractivity contribution < 1.29 is 9.18 Å². The van der Waals surface area contributed by atoms with E-state index in [-0.39, 0.29) is 10.6 Å². The van der Waals surface area contributed by atoms with Gasteiger partial charge in [-0.3, -0.25) is 4.79 Å². The van der Waals surface area contributed by atoms with E-state index in [9.17, 15) is 9.18 Å². The maximum Gasteiger partial charge on any atom is 0.256 e. The molecule has 3 aromatic carbocycles. The Labute approximate surface area is 189 Å². The first-order chi connectivity index (χ1) is 15.0. The molecule has 4 rings (SSSR count). The van der Waals surface area contributed by atoms with Crippen molar-refractivity contribution >= 4 is 40.1 Å². The van der Waals surface area contributed by atoms with Crippen LogP contribution in [0.1, 0.15) is 41.1 Å². The molecule has 1 heterocycles. The van der Waals surface area contributed by atoms with E-state index in [0.29, 0.717) is 23.8 Å². The summed E-state index contributed by atoms with van der Waals surface area (Å²) in [5.41, 5.74) is 2.65. The van der Waals surface area contributed by atoms with Crippen LogP contribution in [-0.4, -0.2) is 15.5 Å². The molecule has 4 aromatic rings. The molecule has 1 amide bonds. The minimum absolute atomic E-state index is 0.0713. The number of aromatic nitrogens is 2. The number of fused-ring (bicyclic) bond motifs is 1. The van der Waals surface area contributed by atoms with Crippen molar-refractivity contribution in [3.63, 3.8) is 0 Å². The molecule has 0 bridgehead atoms. The number of imidazole rings is 1. The van der Waals surface area contributed by atoms with Gasteiger partial charge >= 0.3 is 0 Å². The zero-order valence-electron chi connectivity index (χ0n) is 16.8. The Bertz CT molecular complexity index is 1220. The SMILES string of the molecule is CCC(NC(=O)c1c(F)cccc1Cl)c1nc2ccccc2n1Cc1ccc(Cl)cc1. The van der Waals surface area contributed by atoms with E-state index >= 15 is 0 Å². The fourth-order valence-corrected chi connectivity index (χ4v) is 3.97. The molecular formula is C24H20Cl2FN3O. The third kappa shape index (κ3) is 4.43. The summed E-state index contributed by atoms with van der Waals surface area (Å²) in [5.74, 6) is -0.533. The molecule has 0 radical (unpaired) electrons. The van der Waals surface area contributed by atoms with Crippen LogP contribution >= 0.6 is 23.2 Å². The maximum atomic E-state index is 14.2. The number of nitrogens with one attached hydrogen (secondary N) is 1. The summed E-state index contributed by atoms with van der Waals surface area (Å²) in [6.45, 7) is 2.50. The fraction of sp³-hybridized carbons (Fsp3) is 0.167. The number of carbonyl (C=O) groups excluding carboxylic acids is 1. The molecule has 7 heteroatoms. The van der Waals surface area contributed by atoms with Gasteiger partial charge in [-0.1, -0.05) is 60.5 Å². The van der Waals surface area contributed by atoms with Gasteiger partial charge in [0.2, 0.25) is 0 Å². The molecule has 4 nitrogen and oxygen atoms in total. The molecule has 0 fully saturated rings. The van der Waals surface area contributed by atoms with E-state index in [1.54, 1.807) is 0 Å². The van der Waals surface area contributed by atoms with Crippen LogP contribution in [-0.2, 0) is 6.54 Å². The maximum absolute atomic E-state index is 14.2. The van der Waals surface area contributed by atoms with E-state index in [4.69, 9.17) is 28.2 Å². The minimum atomic E-state index is -0.658. The van der Waals surface area contributed by atoms with Crippen LogP contribution in [0.25, 0.3) is 11.0 Å². The first kappa shape index (κ1) is 21.3. The number of rotatable bonds is 6. The van der Waals surface area contributed by atoms with Gasteiger partial charge in [0.1, 0.15) is 11.6 Å². The van der Waals surface area contributed by atoms with Crippen molar-refractivity contribution in [3.05, 3.63) is 99.5 Å². The molecule has 158 valence electrons. The largest absolute Gasteiger partial charge is 0.342 e. The molecule has 0 spiro atoms. The normalized spacial score (nSPS) is 12.1. The molecular weight excluding hydrogens is 436 g/mol. The monoisotopic (exact) mass is 455 g/mol. The highest BCUT2D eigenvalue weighted by Crippen LogP contribution is 2.26. The van der Waals surface area contributed by atoms with Crippen LogP contribution in [0.4, 0.5) is 4.39 Å². The summed E-state index contributed by atoms with van der Waals surface area (Å²) in [6, 6.07) is 19.1. The number of halogens is 3. The second-order valence-corrected chi connectivity index (χ2v) is 8.05. The molecule has 31 heavy (non-hydrogen) atoms. The topological polar surface area (TPSA) is 46.9 Å². The lowest BCUT2D eigenvalue weighted by Crippen LogP contribution is -2.31. The summed E-state index contributed by atoms with van der Waals surface area (Å²) in [5, 5.41) is 3.65. The third-order valence-electron chi connectivity index (χ3n) is 5.15. The third-order valence-corrected chi connectivity index (χ3v) is 5.72. The Kier molecular flexibility index (Phi) is 6.25. The average Bonchev–Trinajstić information content (AvgIpc) is 3.12. The summed E-state index contributed by atoms with van der Waals surface area (Å²) >= 11 is 12.1. The van der Waals surface area contributed by atoms with Crippen molar-refractivity contribution in [2.45, 2.75) is 25.9 Å². The van der Waals surface area contributed by atoms with Gasteiger partial charge in [0.05, 0.1) is 27.7 Å². The first-order valence-corrected chi connectivity index (χ1v) is 10.7. The Morgan fingerprint density at radius 2 is 1.81 bits per heavy atom. The highest BCUT2D eigenvalue weighted by atomic mass is 35.5. The van der Waals surface area contributed by atoms with E-state index in [0.717, 1.165) is 16.6 Å². The highest BCUT2D eigenvalue weighted by Gasteiger charge is 2.24. The standard InChI is InChI=1S/C24H20Cl2FN3O/c1-2-19(29-24(31)22-17(26)6-5-7-18(22)27)23-28-20-8-3-4-9-21(20)30(23)14-15-10-12-16(25)13-11-15/h3-13,19H,2,14H2,1H3,(H,29,31). The zero-order valence-corrected chi connectivity index (χ0v) is 18.3. The first-order valence-electron chi connectivity index (χ1n) is 9.92. The van der Waals surface area contributed by atoms with Gasteiger partial charge in [0.25, 0.3) is 5.91 Å². The molecule has 0 aliphatic heterocycles. The molecule has 0 aliphatic carbocycles. The van der Waals surface area contributed by atoms with Crippen molar-refractivity contribution in [2.24, 2.45) is 0 Å². The van der Waals surface area contributed by atoms with Gasteiger partial charge in [-0.05, 0) is 48.4 Å². The molecule has 0 aliphatic rings. The molecule has 0 saturated heterocycles. The van der Waals surface area contributed by atoms with Gasteiger partial charge in [0, 0.05) is 11.6 Å². The Morgan fingerprint density at radius 1 is 1.06 bits per heavy atom. The van der Waals surface area contributed by atoms with Crippen molar-refractivity contribution in [2.75, 3.05) is 0 Å². The molecule has 1 unspecified atom stereocenters. The van der Waals surface area contributed by atoms with Gasteiger partial charge in [0.15, 0.2) is 0 Å². The lowest BCUT2D eigenvalue weighted by Gasteiger charge is -2.19. The quantitative estimate of drug-likeness (QED) is 0.364. The van der Waals surface area contributed by atoms with Crippen LogP contribution < -0.4 is 5.32 Å². The van der Waals surface area contributed by atoms with E-state index < -0.39 is 17.8 Å². The van der Waals surface area contributed by atoms with Gasteiger partial charge < -0.3 is 9.88 Å². The van der Waals surface area contributed by atoms with Gasteiger partial charge in [-0.25, -0.2) is 9.37 Å². The minimum Gasteiger partial charge on any atom is -0.342 e. The summed E-state index contributed by atoms with van der Waals surface area (Å²) < 4.78 is 16.3. The lowest BCUT2D eigenvalue weighted by atomic mass is 10.1. The van der Waals surface area contributed by atoms with E-state index in [1.807, 2.05) is 55.5 Å². The number of para-hydroxylation sites is 2. The van der Waals surface area contributed by atoms with Crippen LogP contribution in [0, 0.1) is 5.82 Å². The fourth-order valence-electron chi connectivity index (χ4n) is 3.59. The zero-order chi connectivity index (χ0) is 22.0. The number of hydrogen-bond donors (Lipinski definition) is 1. The van der Waals surface area contributed by atoms with Crippen molar-refractivity contribution in [1.82, 2.24) is 14.9 Å². The molecule has 1 N–H and O–H groups in total. The summed E-state index contributed by atoms with van der Waals surface area (Å²) in [7, 11) is 0. The lowest BCUT2D eigenvalue weighted by molar-refractivity contribution is 0.0929. The number of amides is 1. The molecule has 1 aromatic heterocycles. The van der Waals surface area contributed by atoms with E-state index in [1.165, 1.54) is 18.2 Å². The second-order valence-electron chi connectivity index (χ2n) is 7.20. The highest BCUT2D eigenvalue weighted by molar-refractivity contribution is 6.33. The van der Waals surface area contributed by atoms with Crippen LogP contribution in [0.5, 0.6) is 0 Å². The predicted octanol–water partition coefficient (Wildman–Crippen LogP) is 6.41. The second kappa shape index (κ2) is 9.08. The Hall–Kier alpha value is -2.89. The smallest absolute Gasteiger partial charge is 0.256 e. The van der Waals surface area contributed by atoms with Crippen molar-refractivity contribution in [1.29, 1.82) is 0 Å². The Morgan fingerprint density at radius 3 is 2.52 bits per heavy atom. The number of hydrogen-bond acceptors (Lipinski definition) is 2. The Balaban J connectivity index is 1.73. The average molecular weight is 456 g/mol. The van der Waals surface area contributed by atoms with Gasteiger partial charge in [-0.2, -0.15) is 0 Å². The number of carbonyl (C=O) groups is 1. The van der Waals surface area contributed by atoms with Crippen LogP contribution in [0.3, 0.4) is 0 Å². The molecule has 1 atom stereocenters. The number of nitrogens with zero attached hydrogens (tertiary/aromatic N) is 2. The van der Waals surface area contributed by atoms with Crippen LogP contribution in [0.2, 0.25) is 10.0 Å². The van der Waals surface area contributed by atoms with Crippen LogP contribution in [0.15, 0.2) is 66.7 Å². The summed E-state index contributed by atoms with van der Waals surface area (Å²) in [6.07, 6.45) is 0.571. The molecule has 0 saturated carbocycles. The summed E-state index contributed by atoms with van der Waals surface area (Å²) in [4.78, 5) is 17.6. The predicted molar refractivity (Wildman–Crippen MR) is 122 cm³/mol.